The number of nitrogens with one attached hydrogen (secondary N) is 2. The average molecular weight is 355 g/mol. The van der Waals surface area contributed by atoms with Crippen LogP contribution < -0.4 is 21.1 Å². The van der Waals surface area contributed by atoms with Crippen LogP contribution in [-0.2, 0) is 11.2 Å². The predicted octanol–water partition coefficient (Wildman–Crippen LogP) is 2.46. The predicted molar refractivity (Wildman–Crippen MR) is 101 cm³/mol. The summed E-state index contributed by atoms with van der Waals surface area (Å²) in [5.41, 5.74) is 8.12. The van der Waals surface area contributed by atoms with Crippen LogP contribution in [0.2, 0.25) is 0 Å². The fraction of sp³-hybridized carbons (Fsp3) is 0.300. The Morgan fingerprint density at radius 3 is 2.42 bits per heavy atom. The van der Waals surface area contributed by atoms with E-state index in [0.29, 0.717) is 12.2 Å². The van der Waals surface area contributed by atoms with Gasteiger partial charge in [-0.1, -0.05) is 48.0 Å². The quantitative estimate of drug-likeness (QED) is 0.712. The minimum Gasteiger partial charge on any atom is -0.496 e. The summed E-state index contributed by atoms with van der Waals surface area (Å²) in [4.78, 5) is 24.0. The number of carbonyl (C=O) groups excluding carboxylic acids is 2. The third kappa shape index (κ3) is 5.24. The topological polar surface area (TPSA) is 93.4 Å². The second-order valence-corrected chi connectivity index (χ2v) is 6.23. The number of aryl methyl sites for hydroxylation is 1. The molecular weight excluding hydrogens is 330 g/mol. The summed E-state index contributed by atoms with van der Waals surface area (Å²) >= 11 is 0. The van der Waals surface area contributed by atoms with E-state index in [9.17, 15) is 9.59 Å². The average Bonchev–Trinajstić information content (AvgIpc) is 2.61. The van der Waals surface area contributed by atoms with Gasteiger partial charge in [0.2, 0.25) is 5.91 Å². The number of rotatable bonds is 7. The van der Waals surface area contributed by atoms with Gasteiger partial charge in [-0.05, 0) is 25.5 Å². The second-order valence-electron chi connectivity index (χ2n) is 6.23. The number of methoxy groups -OCH3 is 1. The third-order valence-electron chi connectivity index (χ3n) is 4.13. The molecule has 0 fully saturated rings. The molecule has 0 heterocycles. The maximum atomic E-state index is 12.7. The highest BCUT2D eigenvalue weighted by Crippen LogP contribution is 2.26. The SMILES string of the molecule is COc1ccc(C)cc1[C@@H](C)NC(=O)[C@@H](Cc1ccccc1)NC(N)=O. The van der Waals surface area contributed by atoms with Crippen LogP contribution in [0.15, 0.2) is 48.5 Å². The van der Waals surface area contributed by atoms with Gasteiger partial charge in [-0.2, -0.15) is 0 Å². The van der Waals surface area contributed by atoms with E-state index in [2.05, 4.69) is 10.6 Å². The molecule has 0 spiro atoms. The third-order valence-corrected chi connectivity index (χ3v) is 4.13. The zero-order valence-corrected chi connectivity index (χ0v) is 15.3. The Morgan fingerprint density at radius 1 is 1.12 bits per heavy atom. The molecule has 138 valence electrons. The van der Waals surface area contributed by atoms with Crippen molar-refractivity contribution in [1.29, 1.82) is 0 Å². The number of hydrogen-bond acceptors (Lipinski definition) is 3. The zero-order chi connectivity index (χ0) is 19.1. The largest absolute Gasteiger partial charge is 0.496 e. The Hall–Kier alpha value is -3.02. The Balaban J connectivity index is 2.15. The molecule has 3 amide bonds. The van der Waals surface area contributed by atoms with Crippen LogP contribution in [-0.4, -0.2) is 25.1 Å². The minimum atomic E-state index is -0.756. The first kappa shape index (κ1) is 19.3. The number of carbonyl (C=O) groups is 2. The number of hydrogen-bond donors (Lipinski definition) is 3. The fourth-order valence-electron chi connectivity index (χ4n) is 2.81. The van der Waals surface area contributed by atoms with E-state index < -0.39 is 12.1 Å². The summed E-state index contributed by atoms with van der Waals surface area (Å²) in [6.45, 7) is 3.85. The van der Waals surface area contributed by atoms with Crippen LogP contribution in [0.4, 0.5) is 4.79 Å². The molecule has 2 aromatic carbocycles. The maximum absolute atomic E-state index is 12.7. The van der Waals surface area contributed by atoms with E-state index >= 15 is 0 Å². The van der Waals surface area contributed by atoms with E-state index in [0.717, 1.165) is 16.7 Å². The molecule has 0 aliphatic carbocycles. The lowest BCUT2D eigenvalue weighted by Crippen LogP contribution is -2.50. The summed E-state index contributed by atoms with van der Waals surface area (Å²) in [7, 11) is 1.59. The molecule has 4 N–H and O–H groups in total. The van der Waals surface area contributed by atoms with Crippen molar-refractivity contribution in [3.05, 3.63) is 65.2 Å². The van der Waals surface area contributed by atoms with Gasteiger partial charge in [-0.25, -0.2) is 4.79 Å². The normalized spacial score (nSPS) is 12.7. The summed E-state index contributed by atoms with van der Waals surface area (Å²) in [6, 6.07) is 13.5. The van der Waals surface area contributed by atoms with Crippen LogP contribution in [0.5, 0.6) is 5.75 Å². The monoisotopic (exact) mass is 355 g/mol. The van der Waals surface area contributed by atoms with Crippen molar-refractivity contribution in [2.24, 2.45) is 5.73 Å². The van der Waals surface area contributed by atoms with Crippen molar-refractivity contribution in [2.45, 2.75) is 32.4 Å². The van der Waals surface area contributed by atoms with Crippen LogP contribution in [0.1, 0.15) is 29.7 Å². The molecule has 6 heteroatoms. The molecule has 0 bridgehead atoms. The molecule has 6 nitrogen and oxygen atoms in total. The molecule has 26 heavy (non-hydrogen) atoms. The van der Waals surface area contributed by atoms with Gasteiger partial charge in [-0.15, -0.1) is 0 Å². The van der Waals surface area contributed by atoms with Gasteiger partial charge in [0, 0.05) is 12.0 Å². The Kier molecular flexibility index (Phi) is 6.60. The number of urea groups is 1. The molecule has 0 aromatic heterocycles. The van der Waals surface area contributed by atoms with Crippen molar-refractivity contribution in [2.75, 3.05) is 7.11 Å². The van der Waals surface area contributed by atoms with Gasteiger partial charge in [0.1, 0.15) is 11.8 Å². The van der Waals surface area contributed by atoms with Crippen molar-refractivity contribution in [1.82, 2.24) is 10.6 Å². The Morgan fingerprint density at radius 2 is 1.81 bits per heavy atom. The molecule has 0 aliphatic heterocycles. The molecule has 2 aromatic rings. The summed E-state index contributed by atoms with van der Waals surface area (Å²) in [5.74, 6) is 0.398. The lowest BCUT2D eigenvalue weighted by molar-refractivity contribution is -0.123. The van der Waals surface area contributed by atoms with Crippen molar-refractivity contribution < 1.29 is 14.3 Å². The maximum Gasteiger partial charge on any atom is 0.312 e. The lowest BCUT2D eigenvalue weighted by Gasteiger charge is -2.22. The van der Waals surface area contributed by atoms with E-state index in [1.807, 2.05) is 62.4 Å². The van der Waals surface area contributed by atoms with Crippen molar-refractivity contribution in [3.63, 3.8) is 0 Å². The second kappa shape index (κ2) is 8.89. The lowest BCUT2D eigenvalue weighted by atomic mass is 10.0. The van der Waals surface area contributed by atoms with E-state index in [1.54, 1.807) is 7.11 Å². The highest BCUT2D eigenvalue weighted by atomic mass is 16.5. The summed E-state index contributed by atoms with van der Waals surface area (Å²) in [5, 5.41) is 5.46. The van der Waals surface area contributed by atoms with Crippen LogP contribution in [0.25, 0.3) is 0 Å². The number of ether oxygens (including phenoxy) is 1. The van der Waals surface area contributed by atoms with Gasteiger partial charge < -0.3 is 21.1 Å². The first-order valence-electron chi connectivity index (χ1n) is 8.45. The molecule has 0 saturated carbocycles. The van der Waals surface area contributed by atoms with Gasteiger partial charge in [0.25, 0.3) is 0 Å². The first-order valence-corrected chi connectivity index (χ1v) is 8.45. The molecule has 2 atom stereocenters. The van der Waals surface area contributed by atoms with Crippen molar-refractivity contribution >= 4 is 11.9 Å². The molecular formula is C20H25N3O3. The van der Waals surface area contributed by atoms with Crippen LogP contribution in [0.3, 0.4) is 0 Å². The van der Waals surface area contributed by atoms with Crippen LogP contribution >= 0.6 is 0 Å². The molecule has 0 radical (unpaired) electrons. The number of primary amides is 1. The molecule has 0 aliphatic rings. The number of nitrogens with two attached hydrogens (primary N) is 1. The fourth-order valence-corrected chi connectivity index (χ4v) is 2.81. The molecule has 0 unspecified atom stereocenters. The van der Waals surface area contributed by atoms with Gasteiger partial charge >= 0.3 is 6.03 Å². The Bertz CT molecular complexity index is 762. The van der Waals surface area contributed by atoms with Crippen molar-refractivity contribution in [3.8, 4) is 5.75 Å². The molecule has 0 saturated heterocycles. The standard InChI is InChI=1S/C20H25N3O3/c1-13-9-10-18(26-3)16(11-13)14(2)22-19(24)17(23-20(21)25)12-15-7-5-4-6-8-15/h4-11,14,17H,12H2,1-3H3,(H,22,24)(H3,21,23,25)/t14-,17-/m1/s1. The highest BCUT2D eigenvalue weighted by molar-refractivity contribution is 5.87. The van der Waals surface area contributed by atoms with Gasteiger partial charge in [0.05, 0.1) is 13.2 Å². The van der Waals surface area contributed by atoms with E-state index in [4.69, 9.17) is 10.5 Å². The minimum absolute atomic E-state index is 0.287. The molecule has 2 rings (SSSR count). The first-order chi connectivity index (χ1) is 12.4. The zero-order valence-electron chi connectivity index (χ0n) is 15.3. The Labute approximate surface area is 153 Å². The summed E-state index contributed by atoms with van der Waals surface area (Å²) < 4.78 is 5.38. The highest BCUT2D eigenvalue weighted by Gasteiger charge is 2.23. The smallest absolute Gasteiger partial charge is 0.312 e. The van der Waals surface area contributed by atoms with E-state index in [-0.39, 0.29) is 11.9 Å². The number of amides is 3. The number of benzene rings is 2. The van der Waals surface area contributed by atoms with E-state index in [1.165, 1.54) is 0 Å². The summed E-state index contributed by atoms with van der Waals surface area (Å²) in [6.07, 6.45) is 0.354. The van der Waals surface area contributed by atoms with Crippen LogP contribution in [0, 0.1) is 6.92 Å². The van der Waals surface area contributed by atoms with Gasteiger partial charge in [-0.3, -0.25) is 4.79 Å². The van der Waals surface area contributed by atoms with Gasteiger partial charge in [0.15, 0.2) is 0 Å².